The Hall–Kier alpha value is -1.47. The van der Waals surface area contributed by atoms with Gasteiger partial charge in [0.2, 0.25) is 0 Å². The Morgan fingerprint density at radius 1 is 0.938 bits per heavy atom. The van der Waals surface area contributed by atoms with Gasteiger partial charge >= 0.3 is 0 Å². The zero-order valence-corrected chi connectivity index (χ0v) is 9.98. The minimum Gasteiger partial charge on any atom is -0.253 e. The van der Waals surface area contributed by atoms with Gasteiger partial charge in [-0.3, -0.25) is 4.42 Å². The molecular weight excluding hydrogens is 218 g/mol. The molecule has 2 heteroatoms. The van der Waals surface area contributed by atoms with Crippen LogP contribution in [-0.2, 0) is 6.42 Å². The summed E-state index contributed by atoms with van der Waals surface area (Å²) in [4.78, 5) is 0. The van der Waals surface area contributed by atoms with Crippen molar-refractivity contribution in [3.8, 4) is 0 Å². The SMILES string of the molecule is CCc1ccccc1N(Cl)c1ccccc1. The lowest BCUT2D eigenvalue weighted by atomic mass is 10.1. The number of anilines is 2. The van der Waals surface area contributed by atoms with Gasteiger partial charge in [-0.25, -0.2) is 0 Å². The lowest BCUT2D eigenvalue weighted by molar-refractivity contribution is 1.13. The molecule has 0 radical (unpaired) electrons. The molecule has 82 valence electrons. The second-order valence-electron chi connectivity index (χ2n) is 3.60. The molecule has 0 fully saturated rings. The standard InChI is InChI=1S/C14H14ClN/c1-2-12-8-6-7-11-14(12)16(15)13-9-4-3-5-10-13/h3-11H,2H2,1H3. The number of nitrogens with zero attached hydrogens (tertiary/aromatic N) is 1. The third-order valence-corrected chi connectivity index (χ3v) is 2.94. The van der Waals surface area contributed by atoms with E-state index in [-0.39, 0.29) is 0 Å². The van der Waals surface area contributed by atoms with Crippen LogP contribution in [0.5, 0.6) is 0 Å². The minimum atomic E-state index is 0.978. The van der Waals surface area contributed by atoms with Gasteiger partial charge < -0.3 is 0 Å². The maximum Gasteiger partial charge on any atom is 0.0613 e. The van der Waals surface area contributed by atoms with Crippen molar-refractivity contribution in [2.45, 2.75) is 13.3 Å². The van der Waals surface area contributed by atoms with Crippen molar-refractivity contribution in [1.29, 1.82) is 0 Å². The van der Waals surface area contributed by atoms with E-state index in [9.17, 15) is 0 Å². The topological polar surface area (TPSA) is 3.24 Å². The molecule has 2 aromatic rings. The maximum absolute atomic E-state index is 6.35. The molecule has 0 aliphatic heterocycles. The molecule has 16 heavy (non-hydrogen) atoms. The second-order valence-corrected chi connectivity index (χ2v) is 3.94. The molecule has 0 N–H and O–H groups in total. The van der Waals surface area contributed by atoms with E-state index >= 15 is 0 Å². The monoisotopic (exact) mass is 231 g/mol. The Bertz CT molecular complexity index is 453. The van der Waals surface area contributed by atoms with E-state index in [0.29, 0.717) is 0 Å². The highest BCUT2D eigenvalue weighted by Crippen LogP contribution is 2.30. The van der Waals surface area contributed by atoms with Gasteiger partial charge in [-0.2, -0.15) is 0 Å². The summed E-state index contributed by atoms with van der Waals surface area (Å²) in [6.45, 7) is 2.13. The first kappa shape index (κ1) is 11.0. The third kappa shape index (κ3) is 2.20. The molecule has 0 spiro atoms. The Morgan fingerprint density at radius 2 is 1.56 bits per heavy atom. The van der Waals surface area contributed by atoms with Crippen LogP contribution >= 0.6 is 11.8 Å². The van der Waals surface area contributed by atoms with Gasteiger partial charge in [-0.1, -0.05) is 43.3 Å². The van der Waals surface area contributed by atoms with Crippen LogP contribution in [0, 0.1) is 0 Å². The maximum atomic E-state index is 6.35. The summed E-state index contributed by atoms with van der Waals surface area (Å²) in [5.74, 6) is 0. The fourth-order valence-corrected chi connectivity index (χ4v) is 1.98. The van der Waals surface area contributed by atoms with Crippen molar-refractivity contribution >= 4 is 23.2 Å². The van der Waals surface area contributed by atoms with Crippen molar-refractivity contribution in [3.05, 3.63) is 60.2 Å². The van der Waals surface area contributed by atoms with Gasteiger partial charge in [-0.15, -0.1) is 0 Å². The van der Waals surface area contributed by atoms with Crippen molar-refractivity contribution in [2.24, 2.45) is 0 Å². The number of rotatable bonds is 3. The van der Waals surface area contributed by atoms with E-state index in [1.165, 1.54) is 5.56 Å². The fraction of sp³-hybridized carbons (Fsp3) is 0.143. The average molecular weight is 232 g/mol. The van der Waals surface area contributed by atoms with Crippen molar-refractivity contribution < 1.29 is 0 Å². The number of hydrogen-bond donors (Lipinski definition) is 0. The van der Waals surface area contributed by atoms with Gasteiger partial charge in [0, 0.05) is 11.8 Å². The Kier molecular flexibility index (Phi) is 3.47. The van der Waals surface area contributed by atoms with Crippen LogP contribution in [0.15, 0.2) is 54.6 Å². The summed E-state index contributed by atoms with van der Waals surface area (Å²) in [5, 5.41) is 0. The molecule has 0 aliphatic rings. The van der Waals surface area contributed by atoms with Gasteiger partial charge in [-0.05, 0) is 30.2 Å². The summed E-state index contributed by atoms with van der Waals surface area (Å²) in [6, 6.07) is 18.1. The van der Waals surface area contributed by atoms with Crippen LogP contribution < -0.4 is 4.42 Å². The van der Waals surface area contributed by atoms with Crippen molar-refractivity contribution in [3.63, 3.8) is 0 Å². The summed E-state index contributed by atoms with van der Waals surface area (Å²) in [5.41, 5.74) is 3.30. The summed E-state index contributed by atoms with van der Waals surface area (Å²) < 4.78 is 1.71. The predicted octanol–water partition coefficient (Wildman–Crippen LogP) is 4.54. The molecule has 0 heterocycles. The summed E-state index contributed by atoms with van der Waals surface area (Å²) in [7, 11) is 0. The minimum absolute atomic E-state index is 0.978. The van der Waals surface area contributed by atoms with E-state index in [1.54, 1.807) is 4.42 Å². The van der Waals surface area contributed by atoms with Gasteiger partial charge in [0.05, 0.1) is 11.4 Å². The molecule has 1 nitrogen and oxygen atoms in total. The highest BCUT2D eigenvalue weighted by atomic mass is 35.5. The second kappa shape index (κ2) is 5.04. The van der Waals surface area contributed by atoms with Gasteiger partial charge in [0.15, 0.2) is 0 Å². The normalized spacial score (nSPS) is 10.1. The van der Waals surface area contributed by atoms with Crippen molar-refractivity contribution in [2.75, 3.05) is 4.42 Å². The van der Waals surface area contributed by atoms with Crippen LogP contribution in [0.2, 0.25) is 0 Å². The quantitative estimate of drug-likeness (QED) is 0.701. The Balaban J connectivity index is 2.37. The molecule has 0 atom stereocenters. The molecular formula is C14H14ClN. The first-order valence-electron chi connectivity index (χ1n) is 5.41. The van der Waals surface area contributed by atoms with E-state index in [0.717, 1.165) is 17.8 Å². The van der Waals surface area contributed by atoms with Crippen LogP contribution in [0.3, 0.4) is 0 Å². The average Bonchev–Trinajstić information content (AvgIpc) is 2.39. The first-order chi connectivity index (χ1) is 7.83. The highest BCUT2D eigenvalue weighted by Gasteiger charge is 2.08. The molecule has 2 rings (SSSR count). The lowest BCUT2D eigenvalue weighted by Gasteiger charge is -2.18. The molecule has 0 bridgehead atoms. The third-order valence-electron chi connectivity index (χ3n) is 2.57. The van der Waals surface area contributed by atoms with Gasteiger partial charge in [0.1, 0.15) is 0 Å². The van der Waals surface area contributed by atoms with Gasteiger partial charge in [0.25, 0.3) is 0 Å². The number of para-hydroxylation sites is 2. The number of halogens is 1. The molecule has 0 saturated carbocycles. The molecule has 0 aromatic heterocycles. The molecule has 0 unspecified atom stereocenters. The van der Waals surface area contributed by atoms with E-state index in [2.05, 4.69) is 13.0 Å². The number of benzene rings is 2. The molecule has 0 saturated heterocycles. The summed E-state index contributed by atoms with van der Waals surface area (Å²) in [6.07, 6.45) is 0.978. The zero-order chi connectivity index (χ0) is 11.4. The molecule has 2 aromatic carbocycles. The van der Waals surface area contributed by atoms with Crippen LogP contribution in [0.25, 0.3) is 0 Å². The van der Waals surface area contributed by atoms with E-state index < -0.39 is 0 Å². The van der Waals surface area contributed by atoms with Crippen molar-refractivity contribution in [1.82, 2.24) is 0 Å². The largest absolute Gasteiger partial charge is 0.253 e. The van der Waals surface area contributed by atoms with Crippen LogP contribution in [0.4, 0.5) is 11.4 Å². The predicted molar refractivity (Wildman–Crippen MR) is 70.3 cm³/mol. The fourth-order valence-electron chi connectivity index (χ4n) is 1.70. The highest BCUT2D eigenvalue weighted by molar-refractivity contribution is 6.29. The van der Waals surface area contributed by atoms with Crippen LogP contribution in [-0.4, -0.2) is 0 Å². The zero-order valence-electron chi connectivity index (χ0n) is 9.23. The molecule has 0 aliphatic carbocycles. The Labute approximate surface area is 101 Å². The number of aryl methyl sites for hydroxylation is 1. The van der Waals surface area contributed by atoms with Crippen LogP contribution in [0.1, 0.15) is 12.5 Å². The van der Waals surface area contributed by atoms with E-state index in [4.69, 9.17) is 11.8 Å². The smallest absolute Gasteiger partial charge is 0.0613 e. The number of hydrogen-bond acceptors (Lipinski definition) is 1. The molecule has 0 amide bonds. The Morgan fingerprint density at radius 3 is 2.25 bits per heavy atom. The lowest BCUT2D eigenvalue weighted by Crippen LogP contribution is -2.04. The van der Waals surface area contributed by atoms with E-state index in [1.807, 2.05) is 48.5 Å². The summed E-state index contributed by atoms with van der Waals surface area (Å²) >= 11 is 6.35. The first-order valence-corrected chi connectivity index (χ1v) is 5.75.